The van der Waals surface area contributed by atoms with Gasteiger partial charge in [0.1, 0.15) is 18.1 Å². The molecule has 0 fully saturated rings. The highest BCUT2D eigenvalue weighted by Gasteiger charge is 2.17. The lowest BCUT2D eigenvalue weighted by Crippen LogP contribution is -2.20. The summed E-state index contributed by atoms with van der Waals surface area (Å²) < 4.78 is 15.3. The third-order valence-corrected chi connectivity index (χ3v) is 2.56. The van der Waals surface area contributed by atoms with E-state index in [4.69, 9.17) is 19.9 Å². The van der Waals surface area contributed by atoms with Crippen molar-refractivity contribution in [3.05, 3.63) is 17.7 Å². The SMILES string of the molecule is COc1cc(OC)c(N)c(C(=O)OCCN(C)C)c1. The van der Waals surface area contributed by atoms with Crippen LogP contribution in [0.25, 0.3) is 0 Å². The summed E-state index contributed by atoms with van der Waals surface area (Å²) in [7, 11) is 6.78. The summed E-state index contributed by atoms with van der Waals surface area (Å²) >= 11 is 0. The van der Waals surface area contributed by atoms with Gasteiger partial charge in [-0.05, 0) is 20.2 Å². The number of ether oxygens (including phenoxy) is 3. The maximum atomic E-state index is 12.0. The fraction of sp³-hybridized carbons (Fsp3) is 0.462. The first-order valence-corrected chi connectivity index (χ1v) is 5.83. The van der Waals surface area contributed by atoms with Crippen molar-refractivity contribution in [2.24, 2.45) is 0 Å². The Morgan fingerprint density at radius 3 is 2.47 bits per heavy atom. The van der Waals surface area contributed by atoms with Crippen molar-refractivity contribution in [1.82, 2.24) is 4.90 Å². The Labute approximate surface area is 113 Å². The Morgan fingerprint density at radius 1 is 1.26 bits per heavy atom. The van der Waals surface area contributed by atoms with Crippen molar-refractivity contribution in [2.45, 2.75) is 0 Å². The molecule has 0 bridgehead atoms. The van der Waals surface area contributed by atoms with Crippen LogP contribution in [0.4, 0.5) is 5.69 Å². The number of benzene rings is 1. The molecule has 0 saturated carbocycles. The highest BCUT2D eigenvalue weighted by atomic mass is 16.5. The Kier molecular flexibility index (Phi) is 5.44. The van der Waals surface area contributed by atoms with Gasteiger partial charge in [0.05, 0.1) is 25.5 Å². The molecule has 0 aliphatic heterocycles. The molecule has 19 heavy (non-hydrogen) atoms. The number of hydrogen-bond donors (Lipinski definition) is 1. The summed E-state index contributed by atoms with van der Waals surface area (Å²) in [6.07, 6.45) is 0. The number of rotatable bonds is 6. The smallest absolute Gasteiger partial charge is 0.340 e. The van der Waals surface area contributed by atoms with Crippen LogP contribution in [0.1, 0.15) is 10.4 Å². The molecule has 6 heteroatoms. The second-order valence-corrected chi connectivity index (χ2v) is 4.23. The molecule has 0 saturated heterocycles. The second kappa shape index (κ2) is 6.84. The number of likely N-dealkylation sites (N-methyl/N-ethyl adjacent to an activating group) is 1. The van der Waals surface area contributed by atoms with Crippen LogP contribution in [-0.2, 0) is 4.74 Å². The number of esters is 1. The lowest BCUT2D eigenvalue weighted by Gasteiger charge is -2.13. The lowest BCUT2D eigenvalue weighted by atomic mass is 10.1. The van der Waals surface area contributed by atoms with Crippen LogP contribution in [0.15, 0.2) is 12.1 Å². The number of nitrogen functional groups attached to an aromatic ring is 1. The maximum absolute atomic E-state index is 12.0. The predicted octanol–water partition coefficient (Wildman–Crippen LogP) is 1.00. The highest BCUT2D eigenvalue weighted by molar-refractivity contribution is 5.97. The minimum Gasteiger partial charge on any atom is -0.497 e. The third kappa shape index (κ3) is 4.03. The molecule has 0 atom stereocenters. The fourth-order valence-electron chi connectivity index (χ4n) is 1.46. The molecule has 106 valence electrons. The van der Waals surface area contributed by atoms with E-state index in [0.717, 1.165) is 0 Å². The summed E-state index contributed by atoms with van der Waals surface area (Å²) in [4.78, 5) is 13.9. The van der Waals surface area contributed by atoms with Gasteiger partial charge in [-0.3, -0.25) is 0 Å². The van der Waals surface area contributed by atoms with Gasteiger partial charge >= 0.3 is 5.97 Å². The third-order valence-electron chi connectivity index (χ3n) is 2.56. The number of hydrogen-bond acceptors (Lipinski definition) is 6. The number of carbonyl (C=O) groups is 1. The van der Waals surface area contributed by atoms with Gasteiger partial charge in [-0.1, -0.05) is 0 Å². The van der Waals surface area contributed by atoms with E-state index in [2.05, 4.69) is 0 Å². The molecule has 1 rings (SSSR count). The van der Waals surface area contributed by atoms with E-state index < -0.39 is 5.97 Å². The Bertz CT molecular complexity index is 447. The van der Waals surface area contributed by atoms with Gasteiger partial charge in [0.2, 0.25) is 0 Å². The van der Waals surface area contributed by atoms with Crippen LogP contribution in [0.5, 0.6) is 11.5 Å². The minimum atomic E-state index is -0.489. The molecule has 0 aliphatic rings. The highest BCUT2D eigenvalue weighted by Crippen LogP contribution is 2.31. The van der Waals surface area contributed by atoms with Gasteiger partial charge in [0.25, 0.3) is 0 Å². The van der Waals surface area contributed by atoms with E-state index >= 15 is 0 Å². The van der Waals surface area contributed by atoms with E-state index in [9.17, 15) is 4.79 Å². The zero-order chi connectivity index (χ0) is 14.4. The summed E-state index contributed by atoms with van der Waals surface area (Å²) in [6, 6.07) is 3.15. The standard InChI is InChI=1S/C13H20N2O4/c1-15(2)5-6-19-13(16)10-7-9(17-3)8-11(18-4)12(10)14/h7-8H,5-6,14H2,1-4H3. The fourth-order valence-corrected chi connectivity index (χ4v) is 1.46. The predicted molar refractivity (Wildman–Crippen MR) is 72.8 cm³/mol. The molecule has 0 amide bonds. The van der Waals surface area contributed by atoms with Gasteiger partial charge in [-0.2, -0.15) is 0 Å². The molecule has 6 nitrogen and oxygen atoms in total. The zero-order valence-electron chi connectivity index (χ0n) is 11.7. The first-order chi connectivity index (χ1) is 8.99. The molecule has 0 radical (unpaired) electrons. The number of anilines is 1. The second-order valence-electron chi connectivity index (χ2n) is 4.23. The Morgan fingerprint density at radius 2 is 1.95 bits per heavy atom. The van der Waals surface area contributed by atoms with Gasteiger partial charge in [-0.15, -0.1) is 0 Å². The molecule has 0 heterocycles. The molecule has 0 spiro atoms. The molecule has 1 aromatic rings. The van der Waals surface area contributed by atoms with E-state index in [1.807, 2.05) is 19.0 Å². The van der Waals surface area contributed by atoms with Crippen LogP contribution in [-0.4, -0.2) is 52.3 Å². The van der Waals surface area contributed by atoms with Crippen molar-refractivity contribution in [3.8, 4) is 11.5 Å². The van der Waals surface area contributed by atoms with Crippen LogP contribution in [0, 0.1) is 0 Å². The maximum Gasteiger partial charge on any atom is 0.340 e. The van der Waals surface area contributed by atoms with E-state index in [-0.39, 0.29) is 11.3 Å². The molecule has 0 unspecified atom stereocenters. The zero-order valence-corrected chi connectivity index (χ0v) is 11.7. The molecular formula is C13H20N2O4. The summed E-state index contributed by atoms with van der Waals surface area (Å²) in [6.45, 7) is 0.942. The molecule has 0 aromatic heterocycles. The van der Waals surface area contributed by atoms with Gasteiger partial charge in [0, 0.05) is 12.6 Å². The van der Waals surface area contributed by atoms with Crippen LogP contribution >= 0.6 is 0 Å². The molecular weight excluding hydrogens is 248 g/mol. The number of carbonyl (C=O) groups excluding carboxylic acids is 1. The molecule has 2 N–H and O–H groups in total. The topological polar surface area (TPSA) is 74.0 Å². The monoisotopic (exact) mass is 268 g/mol. The summed E-state index contributed by atoms with van der Waals surface area (Å²) in [5, 5.41) is 0. The van der Waals surface area contributed by atoms with E-state index in [0.29, 0.717) is 24.7 Å². The van der Waals surface area contributed by atoms with Gasteiger partial charge in [-0.25, -0.2) is 4.79 Å². The van der Waals surface area contributed by atoms with E-state index in [1.54, 1.807) is 6.07 Å². The minimum absolute atomic E-state index is 0.245. The number of nitrogens with zero attached hydrogens (tertiary/aromatic N) is 1. The molecule has 0 aliphatic carbocycles. The first-order valence-electron chi connectivity index (χ1n) is 5.83. The van der Waals surface area contributed by atoms with Crippen molar-refractivity contribution in [3.63, 3.8) is 0 Å². The average molecular weight is 268 g/mol. The van der Waals surface area contributed by atoms with Gasteiger partial charge in [0.15, 0.2) is 0 Å². The summed E-state index contributed by atoms with van der Waals surface area (Å²) in [5.74, 6) is 0.390. The first kappa shape index (κ1) is 15.1. The lowest BCUT2D eigenvalue weighted by molar-refractivity contribution is 0.0482. The number of nitrogens with two attached hydrogens (primary N) is 1. The van der Waals surface area contributed by atoms with Crippen LogP contribution in [0.3, 0.4) is 0 Å². The average Bonchev–Trinajstić information content (AvgIpc) is 2.38. The normalized spacial score (nSPS) is 10.4. The quantitative estimate of drug-likeness (QED) is 0.613. The summed E-state index contributed by atoms with van der Waals surface area (Å²) in [5.41, 5.74) is 6.35. The molecule has 1 aromatic carbocycles. The number of methoxy groups -OCH3 is 2. The largest absolute Gasteiger partial charge is 0.497 e. The van der Waals surface area contributed by atoms with Crippen molar-refractivity contribution < 1.29 is 19.0 Å². The Balaban J connectivity index is 2.89. The van der Waals surface area contributed by atoms with Crippen LogP contribution < -0.4 is 15.2 Å². The van der Waals surface area contributed by atoms with E-state index in [1.165, 1.54) is 20.3 Å². The van der Waals surface area contributed by atoms with Crippen molar-refractivity contribution in [1.29, 1.82) is 0 Å². The Hall–Kier alpha value is -1.95. The van der Waals surface area contributed by atoms with Crippen molar-refractivity contribution in [2.75, 3.05) is 47.2 Å². The van der Waals surface area contributed by atoms with Crippen LogP contribution in [0.2, 0.25) is 0 Å². The van der Waals surface area contributed by atoms with Crippen molar-refractivity contribution >= 4 is 11.7 Å². The van der Waals surface area contributed by atoms with Gasteiger partial charge < -0.3 is 24.8 Å².